The fraction of sp³-hybridized carbons (Fsp3) is 1.00. The Labute approximate surface area is 138 Å². The topological polar surface area (TPSA) is 0 Å². The van der Waals surface area contributed by atoms with Crippen LogP contribution in [0.2, 0.25) is 0 Å². The monoisotopic (exact) mass is 302 g/mol. The van der Waals surface area contributed by atoms with E-state index < -0.39 is 0 Å². The predicted molar refractivity (Wildman–Crippen MR) is 94.7 cm³/mol. The first-order chi connectivity index (χ1) is 10.6. The van der Waals surface area contributed by atoms with Crippen molar-refractivity contribution in [2.24, 2.45) is 40.4 Å². The molecule has 6 unspecified atom stereocenters. The van der Waals surface area contributed by atoms with Crippen LogP contribution in [0.3, 0.4) is 0 Å². The molecule has 0 N–H and O–H groups in total. The lowest BCUT2D eigenvalue weighted by Gasteiger charge is -2.60. The third-order valence-corrected chi connectivity index (χ3v) is 9.37. The van der Waals surface area contributed by atoms with Crippen molar-refractivity contribution in [3.8, 4) is 0 Å². The SMILES string of the molecule is CCCC1CC[C@@H]2CC3CCC4CCCCC4(C)C3CC12C. The highest BCUT2D eigenvalue weighted by Gasteiger charge is 2.58. The Kier molecular flexibility index (Phi) is 3.90. The van der Waals surface area contributed by atoms with Crippen LogP contribution in [0, 0.1) is 40.4 Å². The molecule has 7 atom stereocenters. The lowest BCUT2D eigenvalue weighted by atomic mass is 9.45. The summed E-state index contributed by atoms with van der Waals surface area (Å²) >= 11 is 0. The number of fused-ring (bicyclic) bond motifs is 4. The first kappa shape index (κ1) is 15.5. The molecule has 4 aliphatic carbocycles. The summed E-state index contributed by atoms with van der Waals surface area (Å²) < 4.78 is 0. The summed E-state index contributed by atoms with van der Waals surface area (Å²) in [7, 11) is 0. The van der Waals surface area contributed by atoms with Crippen molar-refractivity contribution in [2.75, 3.05) is 0 Å². The molecular weight excluding hydrogens is 264 g/mol. The standard InChI is InChI=1S/C22H38/c1-4-7-17-11-12-19-14-16-9-10-18-8-5-6-13-21(18,2)20(16)15-22(17,19)3/h16-20H,4-15H2,1-3H3/t16?,17?,18?,19-,20?,21?,22?/m1/s1. The quantitative estimate of drug-likeness (QED) is 0.524. The van der Waals surface area contributed by atoms with Gasteiger partial charge in [0.2, 0.25) is 0 Å². The molecule has 0 aromatic heterocycles. The Morgan fingerprint density at radius 1 is 0.864 bits per heavy atom. The molecule has 4 rings (SSSR count). The van der Waals surface area contributed by atoms with Gasteiger partial charge in [0.1, 0.15) is 0 Å². The van der Waals surface area contributed by atoms with Gasteiger partial charge < -0.3 is 0 Å². The molecule has 0 spiro atoms. The van der Waals surface area contributed by atoms with Crippen molar-refractivity contribution in [1.29, 1.82) is 0 Å². The molecule has 4 fully saturated rings. The van der Waals surface area contributed by atoms with Gasteiger partial charge in [-0.2, -0.15) is 0 Å². The molecule has 4 aliphatic rings. The van der Waals surface area contributed by atoms with E-state index in [1.165, 1.54) is 25.7 Å². The van der Waals surface area contributed by atoms with Gasteiger partial charge in [-0.1, -0.05) is 46.5 Å². The van der Waals surface area contributed by atoms with Gasteiger partial charge >= 0.3 is 0 Å². The summed E-state index contributed by atoms with van der Waals surface area (Å²) in [5.74, 6) is 5.38. The third-order valence-electron chi connectivity index (χ3n) is 9.37. The van der Waals surface area contributed by atoms with Gasteiger partial charge in [0.15, 0.2) is 0 Å². The summed E-state index contributed by atoms with van der Waals surface area (Å²) in [4.78, 5) is 0. The average molecular weight is 303 g/mol. The van der Waals surface area contributed by atoms with Crippen LogP contribution >= 0.6 is 0 Å². The Bertz CT molecular complexity index is 412. The predicted octanol–water partition coefficient (Wildman–Crippen LogP) is 6.84. The minimum absolute atomic E-state index is 0.708. The second-order valence-corrected chi connectivity index (χ2v) is 10.1. The zero-order valence-electron chi connectivity index (χ0n) is 15.4. The van der Waals surface area contributed by atoms with Gasteiger partial charge in [0.05, 0.1) is 0 Å². The summed E-state index contributed by atoms with van der Waals surface area (Å²) in [5.41, 5.74) is 1.42. The second-order valence-electron chi connectivity index (χ2n) is 10.1. The van der Waals surface area contributed by atoms with Crippen LogP contribution in [0.5, 0.6) is 0 Å². The Morgan fingerprint density at radius 2 is 1.68 bits per heavy atom. The fourth-order valence-corrected chi connectivity index (χ4v) is 8.01. The summed E-state index contributed by atoms with van der Waals surface area (Å²) in [6, 6.07) is 0. The van der Waals surface area contributed by atoms with Crippen LogP contribution in [0.1, 0.15) is 97.8 Å². The average Bonchev–Trinajstić information content (AvgIpc) is 2.82. The Morgan fingerprint density at radius 3 is 2.50 bits per heavy atom. The van der Waals surface area contributed by atoms with E-state index in [4.69, 9.17) is 0 Å². The van der Waals surface area contributed by atoms with E-state index in [2.05, 4.69) is 20.8 Å². The summed E-state index contributed by atoms with van der Waals surface area (Å²) in [5, 5.41) is 0. The summed E-state index contributed by atoms with van der Waals surface area (Å²) in [6.07, 6.45) is 18.5. The second kappa shape index (κ2) is 5.52. The maximum absolute atomic E-state index is 2.72. The molecule has 0 aromatic carbocycles. The molecule has 4 saturated carbocycles. The van der Waals surface area contributed by atoms with Crippen LogP contribution in [-0.2, 0) is 0 Å². The van der Waals surface area contributed by atoms with E-state index in [0.29, 0.717) is 10.8 Å². The molecular formula is C22H38. The first-order valence-electron chi connectivity index (χ1n) is 10.6. The maximum Gasteiger partial charge on any atom is -0.0266 e. The van der Waals surface area contributed by atoms with Gasteiger partial charge in [-0.25, -0.2) is 0 Å². The smallest absolute Gasteiger partial charge is 0.0266 e. The summed E-state index contributed by atoms with van der Waals surface area (Å²) in [6.45, 7) is 7.85. The molecule has 22 heavy (non-hydrogen) atoms. The van der Waals surface area contributed by atoms with E-state index >= 15 is 0 Å². The Balaban J connectivity index is 1.61. The number of hydrogen-bond donors (Lipinski definition) is 0. The first-order valence-corrected chi connectivity index (χ1v) is 10.6. The van der Waals surface area contributed by atoms with Crippen LogP contribution < -0.4 is 0 Å². The van der Waals surface area contributed by atoms with Crippen molar-refractivity contribution in [2.45, 2.75) is 97.8 Å². The molecule has 0 nitrogen and oxygen atoms in total. The molecule has 0 saturated heterocycles. The van der Waals surface area contributed by atoms with Crippen LogP contribution in [0.15, 0.2) is 0 Å². The maximum atomic E-state index is 2.72. The molecule has 0 radical (unpaired) electrons. The van der Waals surface area contributed by atoms with Gasteiger partial charge in [-0.3, -0.25) is 0 Å². The largest absolute Gasteiger partial charge is 0.0654 e. The van der Waals surface area contributed by atoms with Crippen LogP contribution in [-0.4, -0.2) is 0 Å². The van der Waals surface area contributed by atoms with Crippen LogP contribution in [0.4, 0.5) is 0 Å². The molecule has 0 bridgehead atoms. The van der Waals surface area contributed by atoms with Crippen molar-refractivity contribution in [3.63, 3.8) is 0 Å². The van der Waals surface area contributed by atoms with E-state index in [9.17, 15) is 0 Å². The van der Waals surface area contributed by atoms with Gasteiger partial charge in [0.25, 0.3) is 0 Å². The van der Waals surface area contributed by atoms with Gasteiger partial charge in [0, 0.05) is 0 Å². The highest BCUT2D eigenvalue weighted by molar-refractivity contribution is 5.07. The fourth-order valence-electron chi connectivity index (χ4n) is 8.01. The zero-order valence-corrected chi connectivity index (χ0v) is 15.4. The van der Waals surface area contributed by atoms with Crippen molar-refractivity contribution >= 4 is 0 Å². The minimum Gasteiger partial charge on any atom is -0.0654 e. The molecule has 0 aromatic rings. The minimum atomic E-state index is 0.708. The van der Waals surface area contributed by atoms with Gasteiger partial charge in [-0.05, 0) is 91.8 Å². The molecule has 0 aliphatic heterocycles. The van der Waals surface area contributed by atoms with Crippen molar-refractivity contribution in [3.05, 3.63) is 0 Å². The zero-order chi connectivity index (χ0) is 15.4. The van der Waals surface area contributed by atoms with Crippen molar-refractivity contribution < 1.29 is 0 Å². The molecule has 0 heterocycles. The van der Waals surface area contributed by atoms with E-state index in [0.717, 1.165) is 29.6 Å². The third kappa shape index (κ3) is 2.15. The molecule has 126 valence electrons. The normalized spacial score (nSPS) is 54.4. The van der Waals surface area contributed by atoms with Gasteiger partial charge in [-0.15, -0.1) is 0 Å². The van der Waals surface area contributed by atoms with Crippen LogP contribution in [0.25, 0.3) is 0 Å². The van der Waals surface area contributed by atoms with E-state index in [1.54, 1.807) is 51.4 Å². The molecule has 0 heteroatoms. The van der Waals surface area contributed by atoms with Crippen molar-refractivity contribution in [1.82, 2.24) is 0 Å². The van der Waals surface area contributed by atoms with E-state index in [-0.39, 0.29) is 0 Å². The molecule has 0 amide bonds. The lowest BCUT2D eigenvalue weighted by Crippen LogP contribution is -2.51. The van der Waals surface area contributed by atoms with E-state index in [1.807, 2.05) is 0 Å². The Hall–Kier alpha value is 0. The highest BCUT2D eigenvalue weighted by Crippen LogP contribution is 2.67. The lowest BCUT2D eigenvalue weighted by molar-refractivity contribution is -0.106. The number of hydrogen-bond acceptors (Lipinski definition) is 0. The highest BCUT2D eigenvalue weighted by atomic mass is 14.6. The number of rotatable bonds is 2.